The highest BCUT2D eigenvalue weighted by Crippen LogP contribution is 2.33. The van der Waals surface area contributed by atoms with E-state index >= 15 is 0 Å². The van der Waals surface area contributed by atoms with Gasteiger partial charge in [0.2, 0.25) is 0 Å². The van der Waals surface area contributed by atoms with Gasteiger partial charge < -0.3 is 9.42 Å². The van der Waals surface area contributed by atoms with Crippen molar-refractivity contribution in [2.24, 2.45) is 5.92 Å². The number of hydrogen-bond acceptors (Lipinski definition) is 4. The number of aromatic nitrogens is 2. The molecule has 8 heteroatoms. The van der Waals surface area contributed by atoms with Crippen LogP contribution >= 0.6 is 0 Å². The second-order valence-corrected chi connectivity index (χ2v) is 6.09. The molecule has 0 bridgehead atoms. The predicted octanol–water partition coefficient (Wildman–Crippen LogP) is 3.59. The van der Waals surface area contributed by atoms with Crippen molar-refractivity contribution in [1.29, 1.82) is 0 Å². The summed E-state index contributed by atoms with van der Waals surface area (Å²) in [6, 6.07) is 1.61. The van der Waals surface area contributed by atoms with Gasteiger partial charge in [0, 0.05) is 19.3 Å². The van der Waals surface area contributed by atoms with E-state index in [-0.39, 0.29) is 18.5 Å². The Morgan fingerprint density at radius 2 is 2.25 bits per heavy atom. The smallest absolute Gasteiger partial charge is 0.338 e. The monoisotopic (exact) mass is 341 g/mol. The van der Waals surface area contributed by atoms with Crippen molar-refractivity contribution in [1.82, 2.24) is 15.0 Å². The average molecular weight is 341 g/mol. The van der Waals surface area contributed by atoms with Gasteiger partial charge in [0.15, 0.2) is 0 Å². The summed E-state index contributed by atoms with van der Waals surface area (Å²) in [5.41, 5.74) is 1.31. The van der Waals surface area contributed by atoms with Crippen molar-refractivity contribution in [2.45, 2.75) is 38.8 Å². The van der Waals surface area contributed by atoms with E-state index in [1.807, 2.05) is 6.92 Å². The largest absolute Gasteiger partial charge is 0.393 e. The zero-order valence-corrected chi connectivity index (χ0v) is 13.3. The van der Waals surface area contributed by atoms with Crippen LogP contribution in [0, 0.1) is 5.92 Å². The molecule has 0 radical (unpaired) electrons. The summed E-state index contributed by atoms with van der Waals surface area (Å²) in [6.45, 7) is 2.02. The summed E-state index contributed by atoms with van der Waals surface area (Å²) in [4.78, 5) is 17.9. The molecule has 1 unspecified atom stereocenters. The topological polar surface area (TPSA) is 59.2 Å². The zero-order chi connectivity index (χ0) is 17.3. The van der Waals surface area contributed by atoms with Crippen molar-refractivity contribution >= 4 is 17.0 Å². The number of carbonyl (C=O) groups is 1. The summed E-state index contributed by atoms with van der Waals surface area (Å²) >= 11 is 0. The molecule has 0 N–H and O–H groups in total. The van der Waals surface area contributed by atoms with E-state index in [9.17, 15) is 18.0 Å². The Morgan fingerprint density at radius 1 is 1.46 bits per heavy atom. The van der Waals surface area contributed by atoms with E-state index in [0.717, 1.165) is 6.42 Å². The third-order valence-electron chi connectivity index (χ3n) is 4.31. The van der Waals surface area contributed by atoms with Crippen LogP contribution in [0.25, 0.3) is 11.1 Å². The van der Waals surface area contributed by atoms with Crippen LogP contribution in [0.15, 0.2) is 16.8 Å². The van der Waals surface area contributed by atoms with E-state index in [2.05, 4.69) is 10.1 Å². The number of fused-ring (bicyclic) bond motifs is 1. The second kappa shape index (κ2) is 6.41. The first kappa shape index (κ1) is 16.7. The standard InChI is InChI=1S/C16H18F3N3O2/c1-2-4-13-12-7-10(8-20-14(12)24-21-13)15(23)22-6-3-5-11(9-22)16(17,18)19/h7-8,11H,2-6,9H2,1H3. The number of amides is 1. The molecule has 1 aliphatic rings. The summed E-state index contributed by atoms with van der Waals surface area (Å²) < 4.78 is 43.9. The van der Waals surface area contributed by atoms with Gasteiger partial charge in [-0.05, 0) is 25.3 Å². The minimum absolute atomic E-state index is 0.0663. The summed E-state index contributed by atoms with van der Waals surface area (Å²) in [6.07, 6.45) is -0.977. The van der Waals surface area contributed by atoms with Gasteiger partial charge in [-0.2, -0.15) is 13.2 Å². The van der Waals surface area contributed by atoms with Crippen LogP contribution in [0.1, 0.15) is 42.2 Å². The van der Waals surface area contributed by atoms with Gasteiger partial charge >= 0.3 is 6.18 Å². The maximum absolute atomic E-state index is 12.9. The maximum atomic E-state index is 12.9. The lowest BCUT2D eigenvalue weighted by molar-refractivity contribution is -0.184. The fraction of sp³-hybridized carbons (Fsp3) is 0.562. The number of halogens is 3. The maximum Gasteiger partial charge on any atom is 0.393 e. The SMILES string of the molecule is CCCc1noc2ncc(C(=O)N3CCCC(C(F)(F)F)C3)cc12. The Labute approximate surface area is 136 Å². The molecular formula is C16H18F3N3O2. The number of piperidine rings is 1. The van der Waals surface area contributed by atoms with Crippen LogP contribution in [-0.2, 0) is 6.42 Å². The number of hydrogen-bond donors (Lipinski definition) is 0. The van der Waals surface area contributed by atoms with Crippen LogP contribution in [0.2, 0.25) is 0 Å². The first-order valence-electron chi connectivity index (χ1n) is 8.00. The lowest BCUT2D eigenvalue weighted by Crippen LogP contribution is -2.44. The Bertz CT molecular complexity index is 742. The lowest BCUT2D eigenvalue weighted by atomic mass is 9.97. The highest BCUT2D eigenvalue weighted by molar-refractivity contribution is 5.97. The Morgan fingerprint density at radius 3 is 2.96 bits per heavy atom. The van der Waals surface area contributed by atoms with E-state index < -0.39 is 18.0 Å². The average Bonchev–Trinajstić information content (AvgIpc) is 2.96. The minimum Gasteiger partial charge on any atom is -0.338 e. The van der Waals surface area contributed by atoms with Crippen molar-refractivity contribution < 1.29 is 22.5 Å². The fourth-order valence-corrected chi connectivity index (χ4v) is 3.02. The molecule has 2 aromatic rings. The molecule has 0 aliphatic carbocycles. The molecule has 1 fully saturated rings. The molecule has 1 aliphatic heterocycles. The number of aryl methyl sites for hydroxylation is 1. The van der Waals surface area contributed by atoms with Crippen LogP contribution < -0.4 is 0 Å². The second-order valence-electron chi connectivity index (χ2n) is 6.09. The fourth-order valence-electron chi connectivity index (χ4n) is 3.02. The van der Waals surface area contributed by atoms with Gasteiger partial charge in [0.05, 0.1) is 22.6 Å². The third-order valence-corrected chi connectivity index (χ3v) is 4.31. The molecule has 0 aromatic carbocycles. The van der Waals surface area contributed by atoms with Crippen LogP contribution in [0.5, 0.6) is 0 Å². The van der Waals surface area contributed by atoms with Crippen molar-refractivity contribution in [2.75, 3.05) is 13.1 Å². The molecule has 0 spiro atoms. The van der Waals surface area contributed by atoms with Crippen LogP contribution in [-0.4, -0.2) is 40.2 Å². The third kappa shape index (κ3) is 3.22. The van der Waals surface area contributed by atoms with Crippen molar-refractivity contribution in [3.8, 4) is 0 Å². The summed E-state index contributed by atoms with van der Waals surface area (Å²) in [7, 11) is 0. The predicted molar refractivity (Wildman–Crippen MR) is 80.5 cm³/mol. The quantitative estimate of drug-likeness (QED) is 0.856. The molecule has 3 heterocycles. The zero-order valence-electron chi connectivity index (χ0n) is 13.3. The normalized spacial score (nSPS) is 19.0. The highest BCUT2D eigenvalue weighted by Gasteiger charge is 2.42. The summed E-state index contributed by atoms with van der Waals surface area (Å²) in [5, 5.41) is 4.58. The number of nitrogens with zero attached hydrogens (tertiary/aromatic N) is 3. The lowest BCUT2D eigenvalue weighted by Gasteiger charge is -2.33. The Balaban J connectivity index is 1.84. The molecular weight excluding hydrogens is 323 g/mol. The van der Waals surface area contributed by atoms with Gasteiger partial charge in [-0.3, -0.25) is 4.79 Å². The molecule has 5 nitrogen and oxygen atoms in total. The van der Waals surface area contributed by atoms with Gasteiger partial charge in [0.25, 0.3) is 11.6 Å². The van der Waals surface area contributed by atoms with Gasteiger partial charge in [-0.1, -0.05) is 18.5 Å². The number of likely N-dealkylation sites (tertiary alicyclic amines) is 1. The number of pyridine rings is 1. The minimum atomic E-state index is -4.27. The van der Waals surface area contributed by atoms with E-state index in [1.165, 1.54) is 11.1 Å². The van der Waals surface area contributed by atoms with Gasteiger partial charge in [-0.15, -0.1) is 0 Å². The number of carbonyl (C=O) groups excluding carboxylic acids is 1. The van der Waals surface area contributed by atoms with Gasteiger partial charge in [0.1, 0.15) is 0 Å². The first-order chi connectivity index (χ1) is 11.4. The van der Waals surface area contributed by atoms with Crippen molar-refractivity contribution in [3.63, 3.8) is 0 Å². The molecule has 130 valence electrons. The molecule has 2 aromatic heterocycles. The van der Waals surface area contributed by atoms with Crippen LogP contribution in [0.3, 0.4) is 0 Å². The van der Waals surface area contributed by atoms with Crippen LogP contribution in [0.4, 0.5) is 13.2 Å². The number of rotatable bonds is 3. The first-order valence-corrected chi connectivity index (χ1v) is 8.00. The number of alkyl halides is 3. The van der Waals surface area contributed by atoms with Gasteiger partial charge in [-0.25, -0.2) is 4.98 Å². The van der Waals surface area contributed by atoms with Crippen molar-refractivity contribution in [3.05, 3.63) is 23.5 Å². The molecule has 1 saturated heterocycles. The molecule has 1 amide bonds. The molecule has 0 saturated carbocycles. The van der Waals surface area contributed by atoms with E-state index in [0.29, 0.717) is 36.2 Å². The molecule has 24 heavy (non-hydrogen) atoms. The Kier molecular flexibility index (Phi) is 4.47. The van der Waals surface area contributed by atoms with E-state index in [4.69, 9.17) is 4.52 Å². The Hall–Kier alpha value is -2.12. The summed E-state index contributed by atoms with van der Waals surface area (Å²) in [5.74, 6) is -1.89. The van der Waals surface area contributed by atoms with E-state index in [1.54, 1.807) is 6.07 Å². The molecule has 1 atom stereocenters. The molecule has 3 rings (SSSR count). The highest BCUT2D eigenvalue weighted by atomic mass is 19.4.